The highest BCUT2D eigenvalue weighted by molar-refractivity contribution is 5.79. The van der Waals surface area contributed by atoms with Gasteiger partial charge in [-0.25, -0.2) is 4.98 Å². The van der Waals surface area contributed by atoms with Crippen molar-refractivity contribution >= 4 is 16.9 Å². The van der Waals surface area contributed by atoms with Crippen molar-refractivity contribution in [1.29, 1.82) is 0 Å². The van der Waals surface area contributed by atoms with E-state index in [1.54, 1.807) is 0 Å². The Morgan fingerprint density at radius 2 is 1.96 bits per heavy atom. The maximum Gasteiger partial charge on any atom is 0.220 e. The molecule has 1 aromatic heterocycles. The molecule has 1 saturated heterocycles. The Labute approximate surface area is 153 Å². The molecule has 1 aliphatic rings. The molecule has 5 heteroatoms. The zero-order valence-electron chi connectivity index (χ0n) is 14.8. The number of imidazole rings is 1. The number of benzene rings is 2. The van der Waals surface area contributed by atoms with E-state index in [1.807, 2.05) is 36.4 Å². The summed E-state index contributed by atoms with van der Waals surface area (Å²) in [6, 6.07) is 18.6. The average molecular weight is 348 g/mol. The molecular weight excluding hydrogens is 324 g/mol. The van der Waals surface area contributed by atoms with Crippen molar-refractivity contribution in [3.8, 4) is 5.69 Å². The van der Waals surface area contributed by atoms with Crippen molar-refractivity contribution in [2.75, 3.05) is 13.1 Å². The van der Waals surface area contributed by atoms with Gasteiger partial charge in [0.2, 0.25) is 5.91 Å². The number of nitrogens with zero attached hydrogens (tertiary/aromatic N) is 2. The number of nitrogens with one attached hydrogen (secondary N) is 2. The highest BCUT2D eigenvalue weighted by atomic mass is 16.1. The summed E-state index contributed by atoms with van der Waals surface area (Å²) in [5, 5.41) is 6.47. The summed E-state index contributed by atoms with van der Waals surface area (Å²) < 4.78 is 2.16. The van der Waals surface area contributed by atoms with Gasteiger partial charge in [0.25, 0.3) is 0 Å². The van der Waals surface area contributed by atoms with Crippen molar-refractivity contribution in [3.05, 3.63) is 60.4 Å². The highest BCUT2D eigenvalue weighted by Gasteiger charge is 2.17. The first-order valence-electron chi connectivity index (χ1n) is 9.33. The Kier molecular flexibility index (Phi) is 4.97. The molecule has 2 heterocycles. The molecule has 26 heavy (non-hydrogen) atoms. The summed E-state index contributed by atoms with van der Waals surface area (Å²) in [5.74, 6) is 1.03. The SMILES string of the molecule is O=C(CCc1nc2ccccc2n1-c1ccccc1)NC1CCCNC1. The Hall–Kier alpha value is -2.66. The van der Waals surface area contributed by atoms with Gasteiger partial charge in [-0.05, 0) is 43.7 Å². The van der Waals surface area contributed by atoms with Crippen LogP contribution in [-0.2, 0) is 11.2 Å². The van der Waals surface area contributed by atoms with Crippen molar-refractivity contribution < 1.29 is 4.79 Å². The van der Waals surface area contributed by atoms with E-state index < -0.39 is 0 Å². The number of para-hydroxylation sites is 3. The minimum atomic E-state index is 0.102. The molecule has 0 aliphatic carbocycles. The molecule has 0 spiro atoms. The summed E-state index contributed by atoms with van der Waals surface area (Å²) in [5.41, 5.74) is 3.11. The normalized spacial score (nSPS) is 17.3. The number of hydrogen-bond donors (Lipinski definition) is 2. The van der Waals surface area contributed by atoms with E-state index in [2.05, 4.69) is 33.4 Å². The summed E-state index contributed by atoms with van der Waals surface area (Å²) in [6.45, 7) is 1.92. The lowest BCUT2D eigenvalue weighted by Crippen LogP contribution is -2.45. The number of rotatable bonds is 5. The van der Waals surface area contributed by atoms with Gasteiger partial charge < -0.3 is 10.6 Å². The number of aromatic nitrogens is 2. The monoisotopic (exact) mass is 348 g/mol. The molecule has 1 fully saturated rings. The molecule has 5 nitrogen and oxygen atoms in total. The number of fused-ring (bicyclic) bond motifs is 1. The van der Waals surface area contributed by atoms with Gasteiger partial charge in [-0.15, -0.1) is 0 Å². The second kappa shape index (κ2) is 7.70. The van der Waals surface area contributed by atoms with Gasteiger partial charge in [-0.2, -0.15) is 0 Å². The number of piperidine rings is 1. The number of carbonyl (C=O) groups excluding carboxylic acids is 1. The van der Waals surface area contributed by atoms with E-state index in [1.165, 1.54) is 0 Å². The summed E-state index contributed by atoms with van der Waals surface area (Å²) in [7, 11) is 0. The van der Waals surface area contributed by atoms with Crippen LogP contribution in [0.4, 0.5) is 0 Å². The minimum absolute atomic E-state index is 0.102. The molecule has 0 bridgehead atoms. The third-order valence-electron chi connectivity index (χ3n) is 4.88. The van der Waals surface area contributed by atoms with Crippen LogP contribution in [-0.4, -0.2) is 34.6 Å². The van der Waals surface area contributed by atoms with Crippen molar-refractivity contribution in [3.63, 3.8) is 0 Å². The van der Waals surface area contributed by atoms with Gasteiger partial charge in [-0.3, -0.25) is 9.36 Å². The van der Waals surface area contributed by atoms with Gasteiger partial charge in [0.15, 0.2) is 0 Å². The standard InChI is InChI=1S/C21H24N4O/c26-21(23-16-7-6-14-22-15-16)13-12-20-24-18-10-4-5-11-19(18)25(20)17-8-2-1-3-9-17/h1-5,8-11,16,22H,6-7,12-15H2,(H,23,26). The van der Waals surface area contributed by atoms with Crippen LogP contribution in [0.3, 0.4) is 0 Å². The maximum atomic E-state index is 12.4. The number of amides is 1. The van der Waals surface area contributed by atoms with Crippen molar-refractivity contribution in [2.45, 2.75) is 31.7 Å². The van der Waals surface area contributed by atoms with E-state index in [-0.39, 0.29) is 11.9 Å². The Balaban J connectivity index is 1.53. The molecule has 1 amide bonds. The third-order valence-corrected chi connectivity index (χ3v) is 4.88. The smallest absolute Gasteiger partial charge is 0.220 e. The number of hydrogen-bond acceptors (Lipinski definition) is 3. The highest BCUT2D eigenvalue weighted by Crippen LogP contribution is 2.22. The van der Waals surface area contributed by atoms with Crippen LogP contribution in [0.15, 0.2) is 54.6 Å². The van der Waals surface area contributed by atoms with Crippen molar-refractivity contribution in [2.24, 2.45) is 0 Å². The van der Waals surface area contributed by atoms with Crippen LogP contribution in [0, 0.1) is 0 Å². The largest absolute Gasteiger partial charge is 0.352 e. The van der Waals surface area contributed by atoms with Gasteiger partial charge >= 0.3 is 0 Å². The fourth-order valence-electron chi connectivity index (χ4n) is 3.61. The zero-order valence-corrected chi connectivity index (χ0v) is 14.8. The van der Waals surface area contributed by atoms with Crippen LogP contribution in [0.5, 0.6) is 0 Å². The Bertz CT molecular complexity index is 881. The van der Waals surface area contributed by atoms with E-state index in [0.717, 1.165) is 48.5 Å². The van der Waals surface area contributed by atoms with Gasteiger partial charge in [0.1, 0.15) is 5.82 Å². The molecule has 4 rings (SSSR count). The molecule has 2 N–H and O–H groups in total. The summed E-state index contributed by atoms with van der Waals surface area (Å²) in [6.07, 6.45) is 3.25. The van der Waals surface area contributed by atoms with Gasteiger partial charge in [0, 0.05) is 31.1 Å². The molecule has 0 saturated carbocycles. The zero-order chi connectivity index (χ0) is 17.8. The molecule has 1 aliphatic heterocycles. The lowest BCUT2D eigenvalue weighted by Gasteiger charge is -2.23. The minimum Gasteiger partial charge on any atom is -0.352 e. The average Bonchev–Trinajstić information content (AvgIpc) is 3.06. The second-order valence-corrected chi connectivity index (χ2v) is 6.80. The van der Waals surface area contributed by atoms with Gasteiger partial charge in [0.05, 0.1) is 11.0 Å². The molecule has 2 aromatic carbocycles. The van der Waals surface area contributed by atoms with E-state index in [0.29, 0.717) is 12.8 Å². The van der Waals surface area contributed by atoms with Crippen LogP contribution in [0.25, 0.3) is 16.7 Å². The molecular formula is C21H24N4O. The van der Waals surface area contributed by atoms with Crippen molar-refractivity contribution in [1.82, 2.24) is 20.2 Å². The fourth-order valence-corrected chi connectivity index (χ4v) is 3.61. The predicted molar refractivity (Wildman–Crippen MR) is 103 cm³/mol. The first-order valence-corrected chi connectivity index (χ1v) is 9.33. The van der Waals surface area contributed by atoms with E-state index in [4.69, 9.17) is 4.98 Å². The van der Waals surface area contributed by atoms with Crippen LogP contribution in [0.2, 0.25) is 0 Å². The second-order valence-electron chi connectivity index (χ2n) is 6.80. The third kappa shape index (κ3) is 3.63. The Morgan fingerprint density at radius 1 is 1.15 bits per heavy atom. The maximum absolute atomic E-state index is 12.4. The first-order chi connectivity index (χ1) is 12.8. The topological polar surface area (TPSA) is 59.0 Å². The summed E-state index contributed by atoms with van der Waals surface area (Å²) >= 11 is 0. The predicted octanol–water partition coefficient (Wildman–Crippen LogP) is 2.83. The fraction of sp³-hybridized carbons (Fsp3) is 0.333. The molecule has 134 valence electrons. The first kappa shape index (κ1) is 16.8. The van der Waals surface area contributed by atoms with Gasteiger partial charge in [-0.1, -0.05) is 30.3 Å². The molecule has 1 unspecified atom stereocenters. The molecule has 3 aromatic rings. The lowest BCUT2D eigenvalue weighted by molar-refractivity contribution is -0.121. The quantitative estimate of drug-likeness (QED) is 0.745. The van der Waals surface area contributed by atoms with E-state index >= 15 is 0 Å². The van der Waals surface area contributed by atoms with E-state index in [9.17, 15) is 4.79 Å². The molecule has 0 radical (unpaired) electrons. The lowest BCUT2D eigenvalue weighted by atomic mass is 10.1. The Morgan fingerprint density at radius 3 is 2.77 bits per heavy atom. The van der Waals surface area contributed by atoms with Crippen LogP contribution in [0.1, 0.15) is 25.1 Å². The molecule has 1 atom stereocenters. The van der Waals surface area contributed by atoms with Crippen LogP contribution >= 0.6 is 0 Å². The van der Waals surface area contributed by atoms with Crippen LogP contribution < -0.4 is 10.6 Å². The summed E-state index contributed by atoms with van der Waals surface area (Å²) in [4.78, 5) is 17.2. The number of carbonyl (C=O) groups is 1. The number of aryl methyl sites for hydroxylation is 1.